The molecule has 0 spiro atoms. The van der Waals surface area contributed by atoms with Gasteiger partial charge in [-0.15, -0.1) is 0 Å². The molecule has 1 aliphatic rings. The molecular formula is C33H30N6O5. The molecule has 1 fully saturated rings. The zero-order valence-electron chi connectivity index (χ0n) is 24.3. The van der Waals surface area contributed by atoms with E-state index in [4.69, 9.17) is 14.1 Å². The number of aromatic amines is 1. The minimum Gasteiger partial charge on any atom is -0.473 e. The number of imidazole rings is 1. The molecule has 7 rings (SSSR count). The predicted octanol–water partition coefficient (Wildman–Crippen LogP) is 4.52. The van der Waals surface area contributed by atoms with Crippen molar-refractivity contribution in [2.45, 2.75) is 32.4 Å². The number of nitrogens with one attached hydrogen (secondary N) is 1. The van der Waals surface area contributed by atoms with Crippen LogP contribution in [0.15, 0.2) is 86.9 Å². The molecule has 0 radical (unpaired) electrons. The van der Waals surface area contributed by atoms with Crippen molar-refractivity contribution < 1.29 is 13.9 Å². The highest BCUT2D eigenvalue weighted by Gasteiger charge is 2.26. The lowest BCUT2D eigenvalue weighted by Crippen LogP contribution is -2.37. The minimum absolute atomic E-state index is 0.00514. The summed E-state index contributed by atoms with van der Waals surface area (Å²) in [7, 11) is 1.64. The number of anilines is 1. The van der Waals surface area contributed by atoms with E-state index >= 15 is 0 Å². The maximum absolute atomic E-state index is 13.9. The highest BCUT2D eigenvalue weighted by atomic mass is 16.5. The van der Waals surface area contributed by atoms with E-state index < -0.39 is 5.76 Å². The van der Waals surface area contributed by atoms with Gasteiger partial charge in [-0.05, 0) is 61.2 Å². The first-order valence-corrected chi connectivity index (χ1v) is 14.5. The Morgan fingerprint density at radius 2 is 1.80 bits per heavy atom. The van der Waals surface area contributed by atoms with Crippen LogP contribution in [0.2, 0.25) is 0 Å². The average Bonchev–Trinajstić information content (AvgIpc) is 3.54. The van der Waals surface area contributed by atoms with E-state index in [0.717, 1.165) is 16.6 Å². The number of oxazole rings is 1. The molecule has 0 amide bonds. The Labute approximate surface area is 251 Å². The van der Waals surface area contributed by atoms with Crippen molar-refractivity contribution in [2.75, 3.05) is 18.0 Å². The second-order valence-electron chi connectivity index (χ2n) is 11.1. The number of aromatic nitrogens is 5. The topological polar surface area (TPSA) is 128 Å². The average molecular weight is 591 g/mol. The maximum atomic E-state index is 13.9. The molecule has 0 unspecified atom stereocenters. The second-order valence-corrected chi connectivity index (χ2v) is 11.1. The summed E-state index contributed by atoms with van der Waals surface area (Å²) in [6.45, 7) is 3.41. The highest BCUT2D eigenvalue weighted by Crippen LogP contribution is 2.30. The molecule has 6 aromatic rings. The van der Waals surface area contributed by atoms with Crippen LogP contribution in [0.25, 0.3) is 22.3 Å². The molecule has 0 atom stereocenters. The third-order valence-electron chi connectivity index (χ3n) is 8.26. The van der Waals surface area contributed by atoms with Gasteiger partial charge in [0, 0.05) is 49.6 Å². The molecule has 1 saturated heterocycles. The van der Waals surface area contributed by atoms with Crippen LogP contribution in [0.4, 0.5) is 5.82 Å². The van der Waals surface area contributed by atoms with Crippen molar-refractivity contribution in [1.82, 2.24) is 24.1 Å². The minimum atomic E-state index is -0.481. The van der Waals surface area contributed by atoms with E-state index in [-0.39, 0.29) is 17.5 Å². The van der Waals surface area contributed by atoms with Crippen molar-refractivity contribution in [3.63, 3.8) is 0 Å². The number of fused-ring (bicyclic) bond motifs is 2. The summed E-state index contributed by atoms with van der Waals surface area (Å²) in [6.07, 6.45) is 3.09. The summed E-state index contributed by atoms with van der Waals surface area (Å²) in [4.78, 5) is 52.8. The number of piperidine rings is 1. The van der Waals surface area contributed by atoms with Gasteiger partial charge in [-0.25, -0.2) is 14.6 Å². The van der Waals surface area contributed by atoms with E-state index in [2.05, 4.69) is 14.9 Å². The lowest BCUT2D eigenvalue weighted by Gasteiger charge is -2.33. The summed E-state index contributed by atoms with van der Waals surface area (Å²) in [6, 6.07) is 20.3. The van der Waals surface area contributed by atoms with Crippen LogP contribution in [0.1, 0.15) is 45.9 Å². The van der Waals surface area contributed by atoms with Crippen molar-refractivity contribution in [1.29, 1.82) is 0 Å². The number of carbonyl (C=O) groups is 1. The number of hydrogen-bond donors (Lipinski definition) is 1. The quantitative estimate of drug-likeness (QED) is 0.269. The number of hydrogen-bond acceptors (Lipinski definition) is 8. The summed E-state index contributed by atoms with van der Waals surface area (Å²) >= 11 is 0. The van der Waals surface area contributed by atoms with E-state index in [1.807, 2.05) is 49.4 Å². The van der Waals surface area contributed by atoms with Gasteiger partial charge in [0.05, 0.1) is 11.0 Å². The molecule has 0 saturated carbocycles. The molecule has 11 heteroatoms. The molecule has 1 N–H and O–H groups in total. The maximum Gasteiger partial charge on any atom is 0.419 e. The lowest BCUT2D eigenvalue weighted by atomic mass is 10.0. The summed E-state index contributed by atoms with van der Waals surface area (Å²) in [5, 5.41) is 0. The predicted molar refractivity (Wildman–Crippen MR) is 165 cm³/mol. The zero-order valence-corrected chi connectivity index (χ0v) is 24.3. The van der Waals surface area contributed by atoms with Crippen LogP contribution in [0.5, 0.6) is 5.88 Å². The van der Waals surface area contributed by atoms with E-state index in [0.29, 0.717) is 72.1 Å². The Balaban J connectivity index is 1.20. The van der Waals surface area contributed by atoms with E-state index in [9.17, 15) is 14.4 Å². The smallest absolute Gasteiger partial charge is 0.419 e. The van der Waals surface area contributed by atoms with Gasteiger partial charge < -0.3 is 14.1 Å². The fourth-order valence-electron chi connectivity index (χ4n) is 6.07. The summed E-state index contributed by atoms with van der Waals surface area (Å²) < 4.78 is 14.7. The first-order chi connectivity index (χ1) is 21.4. The number of nitrogens with zero attached hydrogens (tertiary/aromatic N) is 5. The van der Waals surface area contributed by atoms with Gasteiger partial charge in [-0.1, -0.05) is 30.3 Å². The van der Waals surface area contributed by atoms with Crippen molar-refractivity contribution in [2.24, 2.45) is 7.05 Å². The van der Waals surface area contributed by atoms with Crippen LogP contribution in [-0.4, -0.2) is 43.0 Å². The Hall–Kier alpha value is -5.45. The van der Waals surface area contributed by atoms with Gasteiger partial charge in [0.2, 0.25) is 5.88 Å². The highest BCUT2D eigenvalue weighted by molar-refractivity contribution is 6.11. The summed E-state index contributed by atoms with van der Waals surface area (Å²) in [5.74, 6) is 0.238. The van der Waals surface area contributed by atoms with Crippen molar-refractivity contribution in [3.05, 3.63) is 116 Å². The van der Waals surface area contributed by atoms with Gasteiger partial charge in [0.25, 0.3) is 0 Å². The first-order valence-electron chi connectivity index (χ1n) is 14.5. The van der Waals surface area contributed by atoms with Gasteiger partial charge in [-0.2, -0.15) is 4.98 Å². The van der Waals surface area contributed by atoms with Crippen LogP contribution < -0.4 is 21.1 Å². The number of rotatable bonds is 7. The lowest BCUT2D eigenvalue weighted by molar-refractivity contribution is 0.103. The van der Waals surface area contributed by atoms with Crippen LogP contribution >= 0.6 is 0 Å². The zero-order chi connectivity index (χ0) is 30.4. The molecule has 2 aromatic carbocycles. The summed E-state index contributed by atoms with van der Waals surface area (Å²) in [5.41, 5.74) is 4.78. The molecule has 5 heterocycles. The third-order valence-corrected chi connectivity index (χ3v) is 8.26. The number of ether oxygens (including phenoxy) is 1. The molecule has 0 bridgehead atoms. The second kappa shape index (κ2) is 11.0. The van der Waals surface area contributed by atoms with E-state index in [1.54, 1.807) is 42.1 Å². The standard InChI is InChI=1S/C33H30N6O5/c1-20-15-22(16-26-29(20)37(2)33(42)44-26)30(40)23-17-27(35-28(18-23)43-19-21-7-4-3-5-8-21)38-13-10-24(11-14-38)39-25-9-6-12-34-31(25)36-32(39)41/h3-9,12,15-18,24H,10-11,13-14,19H2,1-2H3,(H,34,36,41). The van der Waals surface area contributed by atoms with Crippen LogP contribution in [-0.2, 0) is 13.7 Å². The van der Waals surface area contributed by atoms with Crippen LogP contribution in [0.3, 0.4) is 0 Å². The number of benzene rings is 2. The number of H-pyrrole nitrogens is 1. The Kier molecular flexibility index (Phi) is 6.84. The van der Waals surface area contributed by atoms with Crippen molar-refractivity contribution >= 4 is 33.9 Å². The van der Waals surface area contributed by atoms with Gasteiger partial charge >= 0.3 is 11.4 Å². The van der Waals surface area contributed by atoms with Crippen LogP contribution in [0, 0.1) is 6.92 Å². The first kappa shape index (κ1) is 27.4. The molecule has 0 aliphatic carbocycles. The molecule has 11 nitrogen and oxygen atoms in total. The van der Waals surface area contributed by atoms with Crippen molar-refractivity contribution in [3.8, 4) is 5.88 Å². The van der Waals surface area contributed by atoms with Gasteiger partial charge in [-0.3, -0.25) is 18.9 Å². The molecule has 222 valence electrons. The molecule has 44 heavy (non-hydrogen) atoms. The monoisotopic (exact) mass is 590 g/mol. The number of pyridine rings is 2. The number of ketones is 1. The Morgan fingerprint density at radius 3 is 2.59 bits per heavy atom. The van der Waals surface area contributed by atoms with E-state index in [1.165, 1.54) is 4.57 Å². The third kappa shape index (κ3) is 4.96. The van der Waals surface area contributed by atoms with Gasteiger partial charge in [0.1, 0.15) is 12.4 Å². The molecular weight excluding hydrogens is 560 g/mol. The molecule has 1 aliphatic heterocycles. The normalized spacial score (nSPS) is 14.0. The SMILES string of the molecule is Cc1cc(C(=O)c2cc(OCc3ccccc3)nc(N3CCC(n4c(=O)[nH]c5ncccc54)CC3)c2)cc2oc(=O)n(C)c12. The number of aryl methyl sites for hydroxylation is 2. The fraction of sp³-hybridized carbons (Fsp3) is 0.242. The Bertz CT molecular complexity index is 2130. The Morgan fingerprint density at radius 1 is 1.02 bits per heavy atom. The fourth-order valence-corrected chi connectivity index (χ4v) is 6.07. The largest absolute Gasteiger partial charge is 0.473 e. The number of carbonyl (C=O) groups excluding carboxylic acids is 1. The van der Waals surface area contributed by atoms with Gasteiger partial charge in [0.15, 0.2) is 17.0 Å². The molecule has 4 aromatic heterocycles.